The van der Waals surface area contributed by atoms with Gasteiger partial charge in [0.25, 0.3) is 0 Å². The molecule has 6 heteroatoms. The molecule has 3 aromatic rings. The number of thioether (sulfide) groups is 1. The Labute approximate surface area is 152 Å². The Morgan fingerprint density at radius 1 is 0.957 bits per heavy atom. The highest BCUT2D eigenvalue weighted by Gasteiger charge is 2.15. The van der Waals surface area contributed by atoms with Gasteiger partial charge in [-0.15, -0.1) is 11.3 Å². The zero-order valence-electron chi connectivity index (χ0n) is 11.8. The molecule has 3 rings (SSSR count). The second kappa shape index (κ2) is 7.49. The minimum absolute atomic E-state index is 0.396. The summed E-state index contributed by atoms with van der Waals surface area (Å²) in [6.07, 6.45) is 0.885. The Morgan fingerprint density at radius 2 is 1.52 bits per heavy atom. The molecule has 0 aliphatic rings. The monoisotopic (exact) mass is 379 g/mol. The number of benzene rings is 2. The van der Waals surface area contributed by atoms with E-state index in [9.17, 15) is 4.79 Å². The molecule has 0 amide bonds. The van der Waals surface area contributed by atoms with Gasteiger partial charge in [-0.05, 0) is 29.8 Å². The number of aromatic nitrogens is 1. The molecule has 0 atom stereocenters. The number of nitrogens with zero attached hydrogens (tertiary/aromatic N) is 1. The molecule has 0 aliphatic carbocycles. The number of hydrogen-bond acceptors (Lipinski definition) is 4. The topological polar surface area (TPSA) is 30.0 Å². The smallest absolute Gasteiger partial charge is 0.151 e. The highest BCUT2D eigenvalue weighted by Crippen LogP contribution is 2.40. The van der Waals surface area contributed by atoms with E-state index in [2.05, 4.69) is 0 Å². The van der Waals surface area contributed by atoms with Gasteiger partial charge < -0.3 is 4.79 Å². The summed E-state index contributed by atoms with van der Waals surface area (Å²) in [6, 6.07) is 15.3. The number of halogens is 2. The van der Waals surface area contributed by atoms with E-state index in [-0.39, 0.29) is 0 Å². The first-order valence-corrected chi connectivity index (χ1v) is 9.32. The predicted octanol–water partition coefficient (Wildman–Crippen LogP) is 6.07. The van der Waals surface area contributed by atoms with Crippen LogP contribution in [0, 0.1) is 0 Å². The minimum atomic E-state index is 0.396. The highest BCUT2D eigenvalue weighted by atomic mass is 35.5. The van der Waals surface area contributed by atoms with Gasteiger partial charge in [0.05, 0.1) is 16.3 Å². The van der Waals surface area contributed by atoms with Crippen LogP contribution in [0.5, 0.6) is 0 Å². The van der Waals surface area contributed by atoms with E-state index in [0.717, 1.165) is 32.3 Å². The van der Waals surface area contributed by atoms with Crippen molar-refractivity contribution in [1.29, 1.82) is 0 Å². The van der Waals surface area contributed by atoms with E-state index in [0.29, 0.717) is 15.8 Å². The Kier molecular flexibility index (Phi) is 5.38. The Morgan fingerprint density at radius 3 is 2.09 bits per heavy atom. The third kappa shape index (κ3) is 3.96. The third-order valence-electron chi connectivity index (χ3n) is 3.11. The second-order valence-electron chi connectivity index (χ2n) is 4.65. The largest absolute Gasteiger partial charge is 0.302 e. The lowest BCUT2D eigenvalue weighted by atomic mass is 10.1. The average Bonchev–Trinajstić information content (AvgIpc) is 2.98. The summed E-state index contributed by atoms with van der Waals surface area (Å²) in [5.41, 5.74) is 2.94. The van der Waals surface area contributed by atoms with Crippen LogP contribution in [0.3, 0.4) is 0 Å². The molecule has 23 heavy (non-hydrogen) atoms. The first kappa shape index (κ1) is 16.5. The van der Waals surface area contributed by atoms with Gasteiger partial charge in [-0.3, -0.25) is 0 Å². The molecule has 0 saturated heterocycles. The summed E-state index contributed by atoms with van der Waals surface area (Å²) < 4.78 is 0.868. The number of thiazole rings is 1. The molecular formula is C17H11Cl2NOS2. The summed E-state index contributed by atoms with van der Waals surface area (Å²) in [6.45, 7) is 0. The van der Waals surface area contributed by atoms with E-state index in [4.69, 9.17) is 28.2 Å². The van der Waals surface area contributed by atoms with Crippen LogP contribution in [0.25, 0.3) is 21.7 Å². The summed E-state index contributed by atoms with van der Waals surface area (Å²) >= 11 is 15.0. The number of aldehydes is 1. The maximum atomic E-state index is 10.6. The molecule has 1 aromatic heterocycles. The number of rotatable bonds is 5. The average molecular weight is 380 g/mol. The Hall–Kier alpha value is -1.33. The standard InChI is InChI=1S/C17H11Cl2NOS2/c18-13-5-1-11(2-6-13)15-16(12-3-7-14(19)8-4-12)23-17(20-15)22-10-9-21/h1-9H,10H2. The molecule has 0 aliphatic heterocycles. The third-order valence-corrected chi connectivity index (χ3v) is 5.75. The van der Waals surface area contributed by atoms with E-state index in [1.807, 2.05) is 48.5 Å². The van der Waals surface area contributed by atoms with Crippen molar-refractivity contribution in [1.82, 2.24) is 4.98 Å². The zero-order valence-corrected chi connectivity index (χ0v) is 15.0. The lowest BCUT2D eigenvalue weighted by Crippen LogP contribution is -1.83. The van der Waals surface area contributed by atoms with Gasteiger partial charge in [0.1, 0.15) is 6.29 Å². The van der Waals surface area contributed by atoms with Crippen LogP contribution in [0.15, 0.2) is 52.9 Å². The minimum Gasteiger partial charge on any atom is -0.302 e. The fourth-order valence-electron chi connectivity index (χ4n) is 2.07. The van der Waals surface area contributed by atoms with Crippen LogP contribution in [0.2, 0.25) is 10.0 Å². The van der Waals surface area contributed by atoms with Crippen molar-refractivity contribution in [3.63, 3.8) is 0 Å². The van der Waals surface area contributed by atoms with Crippen LogP contribution < -0.4 is 0 Å². The van der Waals surface area contributed by atoms with Gasteiger partial charge in [-0.2, -0.15) is 0 Å². The van der Waals surface area contributed by atoms with E-state index in [1.165, 1.54) is 11.8 Å². The Bertz CT molecular complexity index is 751. The van der Waals surface area contributed by atoms with Gasteiger partial charge in [-0.25, -0.2) is 4.98 Å². The fraction of sp³-hybridized carbons (Fsp3) is 0.0588. The molecule has 1 heterocycles. The van der Waals surface area contributed by atoms with Gasteiger partial charge in [0, 0.05) is 15.6 Å². The molecule has 116 valence electrons. The van der Waals surface area contributed by atoms with E-state index in [1.54, 1.807) is 11.3 Å². The van der Waals surface area contributed by atoms with Crippen LogP contribution in [0.4, 0.5) is 0 Å². The summed E-state index contributed by atoms with van der Waals surface area (Å²) in [5.74, 6) is 0.396. The van der Waals surface area contributed by atoms with Crippen LogP contribution in [-0.4, -0.2) is 17.0 Å². The number of hydrogen-bond donors (Lipinski definition) is 0. The van der Waals surface area contributed by atoms with E-state index >= 15 is 0 Å². The first-order valence-electron chi connectivity index (χ1n) is 6.76. The van der Waals surface area contributed by atoms with Crippen molar-refractivity contribution in [2.75, 3.05) is 5.75 Å². The van der Waals surface area contributed by atoms with Gasteiger partial charge in [-0.1, -0.05) is 59.2 Å². The van der Waals surface area contributed by atoms with Gasteiger partial charge >= 0.3 is 0 Å². The SMILES string of the molecule is O=CCSc1nc(-c2ccc(Cl)cc2)c(-c2ccc(Cl)cc2)s1. The van der Waals surface area contributed by atoms with E-state index < -0.39 is 0 Å². The molecule has 2 nitrogen and oxygen atoms in total. The number of carbonyl (C=O) groups is 1. The normalized spacial score (nSPS) is 10.7. The van der Waals surface area contributed by atoms with Crippen molar-refractivity contribution in [2.45, 2.75) is 4.34 Å². The molecule has 0 saturated carbocycles. The molecule has 0 N–H and O–H groups in total. The number of carbonyl (C=O) groups excluding carboxylic acids is 1. The molecular weight excluding hydrogens is 369 g/mol. The van der Waals surface area contributed by atoms with Crippen molar-refractivity contribution in [3.8, 4) is 21.7 Å². The van der Waals surface area contributed by atoms with Crippen LogP contribution in [0.1, 0.15) is 0 Å². The van der Waals surface area contributed by atoms with Crippen LogP contribution >= 0.6 is 46.3 Å². The predicted molar refractivity (Wildman–Crippen MR) is 99.8 cm³/mol. The molecule has 0 spiro atoms. The quantitative estimate of drug-likeness (QED) is 0.397. The van der Waals surface area contributed by atoms with Crippen molar-refractivity contribution in [3.05, 3.63) is 58.6 Å². The summed E-state index contributed by atoms with van der Waals surface area (Å²) in [4.78, 5) is 16.4. The molecule has 0 bridgehead atoms. The van der Waals surface area contributed by atoms with Crippen molar-refractivity contribution in [2.24, 2.45) is 0 Å². The zero-order chi connectivity index (χ0) is 16.2. The maximum Gasteiger partial charge on any atom is 0.151 e. The lowest BCUT2D eigenvalue weighted by molar-refractivity contribution is -0.105. The molecule has 0 unspecified atom stereocenters. The highest BCUT2D eigenvalue weighted by molar-refractivity contribution is 8.01. The van der Waals surface area contributed by atoms with Crippen molar-refractivity contribution < 1.29 is 4.79 Å². The molecule has 0 radical (unpaired) electrons. The first-order chi connectivity index (χ1) is 11.2. The lowest BCUT2D eigenvalue weighted by Gasteiger charge is -2.03. The van der Waals surface area contributed by atoms with Crippen LogP contribution in [-0.2, 0) is 4.79 Å². The van der Waals surface area contributed by atoms with Crippen molar-refractivity contribution >= 4 is 52.6 Å². The summed E-state index contributed by atoms with van der Waals surface area (Å²) in [5, 5.41) is 1.38. The molecule has 0 fully saturated rings. The Balaban J connectivity index is 2.08. The maximum absolute atomic E-state index is 10.6. The second-order valence-corrected chi connectivity index (χ2v) is 7.79. The summed E-state index contributed by atoms with van der Waals surface area (Å²) in [7, 11) is 0. The fourth-order valence-corrected chi connectivity index (χ4v) is 4.20. The van der Waals surface area contributed by atoms with Gasteiger partial charge in [0.15, 0.2) is 4.34 Å². The van der Waals surface area contributed by atoms with Gasteiger partial charge in [0.2, 0.25) is 0 Å². The molecule has 2 aromatic carbocycles.